The van der Waals surface area contributed by atoms with Gasteiger partial charge in [-0.3, -0.25) is 9.48 Å². The van der Waals surface area contributed by atoms with Gasteiger partial charge in [0, 0.05) is 12.6 Å². The Morgan fingerprint density at radius 3 is 2.41 bits per heavy atom. The number of amides is 1. The molecule has 0 fully saturated rings. The molecule has 96 valence electrons. The van der Waals surface area contributed by atoms with Crippen LogP contribution in [0.1, 0.15) is 32.2 Å². The van der Waals surface area contributed by atoms with Gasteiger partial charge in [0.2, 0.25) is 5.91 Å². The van der Waals surface area contributed by atoms with Gasteiger partial charge in [-0.25, -0.2) is 0 Å². The van der Waals surface area contributed by atoms with E-state index < -0.39 is 0 Å². The van der Waals surface area contributed by atoms with Crippen LogP contribution in [0.4, 0.5) is 5.69 Å². The van der Waals surface area contributed by atoms with Crippen molar-refractivity contribution in [3.63, 3.8) is 0 Å². The second-order valence-electron chi connectivity index (χ2n) is 4.52. The van der Waals surface area contributed by atoms with Gasteiger partial charge >= 0.3 is 0 Å². The van der Waals surface area contributed by atoms with Crippen LogP contribution in [0, 0.1) is 13.8 Å². The third kappa shape index (κ3) is 2.78. The SMILES string of the molecule is CCN(C(=O)Cn1nc(C)c(N)c1C)C(C)C. The van der Waals surface area contributed by atoms with E-state index in [1.807, 2.05) is 39.5 Å². The lowest BCUT2D eigenvalue weighted by Gasteiger charge is -2.25. The van der Waals surface area contributed by atoms with Crippen molar-refractivity contribution < 1.29 is 4.79 Å². The van der Waals surface area contributed by atoms with Gasteiger partial charge in [0.05, 0.1) is 17.1 Å². The zero-order valence-corrected chi connectivity index (χ0v) is 11.3. The zero-order valence-electron chi connectivity index (χ0n) is 11.3. The summed E-state index contributed by atoms with van der Waals surface area (Å²) in [4.78, 5) is 13.9. The average Bonchev–Trinajstić information content (AvgIpc) is 2.47. The van der Waals surface area contributed by atoms with Crippen LogP contribution in [-0.4, -0.2) is 33.2 Å². The second-order valence-corrected chi connectivity index (χ2v) is 4.52. The number of aryl methyl sites for hydroxylation is 1. The number of aromatic nitrogens is 2. The summed E-state index contributed by atoms with van der Waals surface area (Å²) in [6.07, 6.45) is 0. The zero-order chi connectivity index (χ0) is 13.2. The van der Waals surface area contributed by atoms with Crippen LogP contribution in [0.2, 0.25) is 0 Å². The first-order valence-corrected chi connectivity index (χ1v) is 5.97. The smallest absolute Gasteiger partial charge is 0.244 e. The van der Waals surface area contributed by atoms with Gasteiger partial charge in [0.15, 0.2) is 0 Å². The molecule has 1 rings (SSSR count). The molecule has 0 aliphatic carbocycles. The molecular formula is C12H22N4O. The first-order valence-electron chi connectivity index (χ1n) is 5.97. The Morgan fingerprint density at radius 1 is 1.47 bits per heavy atom. The summed E-state index contributed by atoms with van der Waals surface area (Å²) < 4.78 is 1.68. The van der Waals surface area contributed by atoms with Gasteiger partial charge in [-0.15, -0.1) is 0 Å². The van der Waals surface area contributed by atoms with Crippen molar-refractivity contribution in [3.05, 3.63) is 11.4 Å². The minimum atomic E-state index is 0.0769. The van der Waals surface area contributed by atoms with E-state index in [9.17, 15) is 4.79 Å². The lowest BCUT2D eigenvalue weighted by atomic mass is 10.3. The van der Waals surface area contributed by atoms with E-state index >= 15 is 0 Å². The Morgan fingerprint density at radius 2 is 2.06 bits per heavy atom. The Balaban J connectivity index is 2.84. The number of hydrogen-bond acceptors (Lipinski definition) is 3. The Bertz CT molecular complexity index is 409. The van der Waals surface area contributed by atoms with Crippen LogP contribution in [0.25, 0.3) is 0 Å². The highest BCUT2D eigenvalue weighted by atomic mass is 16.2. The summed E-state index contributed by atoms with van der Waals surface area (Å²) in [6, 6.07) is 0.210. The number of hydrogen-bond donors (Lipinski definition) is 1. The summed E-state index contributed by atoms with van der Waals surface area (Å²) in [6.45, 7) is 10.7. The lowest BCUT2D eigenvalue weighted by molar-refractivity contribution is -0.133. The van der Waals surface area contributed by atoms with Gasteiger partial charge in [-0.05, 0) is 34.6 Å². The third-order valence-corrected chi connectivity index (χ3v) is 3.01. The molecule has 1 amide bonds. The largest absolute Gasteiger partial charge is 0.396 e. The van der Waals surface area contributed by atoms with Gasteiger partial charge < -0.3 is 10.6 Å². The van der Waals surface area contributed by atoms with E-state index in [-0.39, 0.29) is 18.5 Å². The number of nitrogen functional groups attached to an aromatic ring is 1. The highest BCUT2D eigenvalue weighted by Gasteiger charge is 2.17. The molecule has 0 aromatic carbocycles. The molecule has 0 saturated carbocycles. The molecule has 0 saturated heterocycles. The van der Waals surface area contributed by atoms with Gasteiger partial charge in [0.25, 0.3) is 0 Å². The first kappa shape index (κ1) is 13.5. The van der Waals surface area contributed by atoms with Crippen LogP contribution < -0.4 is 5.73 Å². The van der Waals surface area contributed by atoms with Crippen molar-refractivity contribution in [2.75, 3.05) is 12.3 Å². The number of nitrogens with zero attached hydrogens (tertiary/aromatic N) is 3. The third-order valence-electron chi connectivity index (χ3n) is 3.01. The normalized spacial score (nSPS) is 10.9. The highest BCUT2D eigenvalue weighted by molar-refractivity contribution is 5.76. The summed E-state index contributed by atoms with van der Waals surface area (Å²) in [5, 5.41) is 4.27. The van der Waals surface area contributed by atoms with Gasteiger partial charge in [-0.1, -0.05) is 0 Å². The monoisotopic (exact) mass is 238 g/mol. The minimum absolute atomic E-state index is 0.0769. The van der Waals surface area contributed by atoms with E-state index in [1.165, 1.54) is 0 Å². The van der Waals surface area contributed by atoms with Crippen molar-refractivity contribution in [1.82, 2.24) is 14.7 Å². The second kappa shape index (κ2) is 5.21. The maximum atomic E-state index is 12.1. The van der Waals surface area contributed by atoms with Gasteiger partial charge in [-0.2, -0.15) is 5.10 Å². The van der Waals surface area contributed by atoms with E-state index in [0.29, 0.717) is 12.2 Å². The number of nitrogens with two attached hydrogens (primary N) is 1. The van der Waals surface area contributed by atoms with Gasteiger partial charge in [0.1, 0.15) is 6.54 Å². The molecule has 1 aromatic rings. The summed E-state index contributed by atoms with van der Waals surface area (Å²) >= 11 is 0. The molecule has 1 aromatic heterocycles. The molecule has 17 heavy (non-hydrogen) atoms. The molecule has 5 heteroatoms. The molecule has 0 unspecified atom stereocenters. The highest BCUT2D eigenvalue weighted by Crippen LogP contribution is 2.15. The molecular weight excluding hydrogens is 216 g/mol. The first-order chi connectivity index (χ1) is 7.88. The fourth-order valence-electron chi connectivity index (χ4n) is 1.91. The number of carbonyl (C=O) groups is 1. The lowest BCUT2D eigenvalue weighted by Crippen LogP contribution is -2.39. The molecule has 2 N–H and O–H groups in total. The predicted molar refractivity (Wildman–Crippen MR) is 68.6 cm³/mol. The fraction of sp³-hybridized carbons (Fsp3) is 0.667. The summed E-state index contributed by atoms with van der Waals surface area (Å²) in [5.41, 5.74) is 8.15. The van der Waals surface area contributed by atoms with Crippen molar-refractivity contribution in [2.24, 2.45) is 0 Å². The summed E-state index contributed by atoms with van der Waals surface area (Å²) in [5.74, 6) is 0.0769. The average molecular weight is 238 g/mol. The van der Waals surface area contributed by atoms with Crippen molar-refractivity contribution in [2.45, 2.75) is 47.2 Å². The van der Waals surface area contributed by atoms with Crippen molar-refractivity contribution in [3.8, 4) is 0 Å². The molecule has 0 atom stereocenters. The fourth-order valence-corrected chi connectivity index (χ4v) is 1.91. The number of rotatable bonds is 4. The van der Waals surface area contributed by atoms with Crippen LogP contribution in [0.3, 0.4) is 0 Å². The molecule has 0 aliphatic rings. The van der Waals surface area contributed by atoms with Crippen molar-refractivity contribution >= 4 is 11.6 Å². The van der Waals surface area contributed by atoms with Crippen LogP contribution in [0.5, 0.6) is 0 Å². The van der Waals surface area contributed by atoms with Crippen molar-refractivity contribution in [1.29, 1.82) is 0 Å². The van der Waals surface area contributed by atoms with Crippen LogP contribution in [-0.2, 0) is 11.3 Å². The van der Waals surface area contributed by atoms with Crippen LogP contribution >= 0.6 is 0 Å². The van der Waals surface area contributed by atoms with Crippen LogP contribution in [0.15, 0.2) is 0 Å². The van der Waals surface area contributed by atoms with E-state index in [0.717, 1.165) is 11.4 Å². The number of anilines is 1. The minimum Gasteiger partial charge on any atom is -0.396 e. The molecule has 0 radical (unpaired) electrons. The quantitative estimate of drug-likeness (QED) is 0.861. The Labute approximate surface area is 103 Å². The molecule has 5 nitrogen and oxygen atoms in total. The number of carbonyl (C=O) groups excluding carboxylic acids is 1. The topological polar surface area (TPSA) is 64.2 Å². The van der Waals surface area contributed by atoms with E-state index in [2.05, 4.69) is 5.10 Å². The maximum absolute atomic E-state index is 12.1. The predicted octanol–water partition coefficient (Wildman–Crippen LogP) is 1.34. The molecule has 0 aliphatic heterocycles. The summed E-state index contributed by atoms with van der Waals surface area (Å²) in [7, 11) is 0. The number of likely N-dealkylation sites (N-methyl/N-ethyl adjacent to an activating group) is 1. The Hall–Kier alpha value is -1.52. The maximum Gasteiger partial charge on any atom is 0.244 e. The van der Waals surface area contributed by atoms with E-state index in [1.54, 1.807) is 4.68 Å². The molecule has 0 spiro atoms. The van der Waals surface area contributed by atoms with E-state index in [4.69, 9.17) is 5.73 Å². The molecule has 0 bridgehead atoms. The molecule has 1 heterocycles. The standard InChI is InChI=1S/C12H22N4O/c1-6-15(8(2)3)11(17)7-16-10(5)12(13)9(4)14-16/h8H,6-7,13H2,1-5H3. The Kier molecular flexibility index (Phi) is 4.15.